The second-order valence-corrected chi connectivity index (χ2v) is 7.86. The molecule has 2 aromatic rings. The molecule has 3 aliphatic heterocycles. The quantitative estimate of drug-likeness (QED) is 0.843. The number of morpholine rings is 1. The second-order valence-electron chi connectivity index (χ2n) is 7.86. The van der Waals surface area contributed by atoms with Crippen LogP contribution in [0.15, 0.2) is 48.5 Å². The lowest BCUT2D eigenvalue weighted by atomic mass is 9.93. The summed E-state index contributed by atoms with van der Waals surface area (Å²) >= 11 is 0. The van der Waals surface area contributed by atoms with Crippen LogP contribution in [0.25, 0.3) is 0 Å². The van der Waals surface area contributed by atoms with Crippen LogP contribution >= 0.6 is 0 Å². The van der Waals surface area contributed by atoms with Gasteiger partial charge in [0.05, 0.1) is 24.5 Å². The number of rotatable bonds is 4. The van der Waals surface area contributed by atoms with E-state index in [9.17, 15) is 9.59 Å². The summed E-state index contributed by atoms with van der Waals surface area (Å²) in [5, 5.41) is 3.48. The minimum absolute atomic E-state index is 0.101. The lowest BCUT2D eigenvalue weighted by molar-refractivity contribution is -0.127. The maximum atomic E-state index is 13.8. The number of para-hydroxylation sites is 2. The fourth-order valence-electron chi connectivity index (χ4n) is 4.80. The molecule has 0 saturated carbocycles. The molecule has 30 heavy (non-hydrogen) atoms. The van der Waals surface area contributed by atoms with Gasteiger partial charge in [-0.25, -0.2) is 0 Å². The van der Waals surface area contributed by atoms with E-state index in [1.807, 2.05) is 55.5 Å². The zero-order valence-electron chi connectivity index (χ0n) is 17.1. The second kappa shape index (κ2) is 7.41. The highest BCUT2D eigenvalue weighted by Crippen LogP contribution is 2.47. The number of nitrogens with one attached hydrogen (secondary N) is 1. The molecule has 3 heterocycles. The summed E-state index contributed by atoms with van der Waals surface area (Å²) in [7, 11) is 0. The van der Waals surface area contributed by atoms with Crippen molar-refractivity contribution in [1.29, 1.82) is 0 Å². The van der Waals surface area contributed by atoms with Gasteiger partial charge in [0.2, 0.25) is 5.66 Å². The van der Waals surface area contributed by atoms with Gasteiger partial charge in [-0.05, 0) is 25.1 Å². The topological polar surface area (TPSA) is 65.1 Å². The zero-order valence-corrected chi connectivity index (χ0v) is 17.1. The third-order valence-corrected chi connectivity index (χ3v) is 6.32. The van der Waals surface area contributed by atoms with Crippen molar-refractivity contribution >= 4 is 23.2 Å². The van der Waals surface area contributed by atoms with Crippen molar-refractivity contribution in [2.45, 2.75) is 12.6 Å². The molecule has 7 nitrogen and oxygen atoms in total. The summed E-state index contributed by atoms with van der Waals surface area (Å²) in [6.07, 6.45) is 0. The number of ether oxygens (including phenoxy) is 1. The molecule has 0 bridgehead atoms. The first-order valence-electron chi connectivity index (χ1n) is 10.6. The molecule has 1 atom stereocenters. The Kier molecular flexibility index (Phi) is 4.72. The largest absolute Gasteiger partial charge is 0.379 e. The van der Waals surface area contributed by atoms with Crippen molar-refractivity contribution in [3.8, 4) is 0 Å². The minimum Gasteiger partial charge on any atom is -0.379 e. The molecule has 0 aliphatic carbocycles. The van der Waals surface area contributed by atoms with E-state index in [2.05, 4.69) is 10.2 Å². The standard InChI is InChI=1S/C23H26N4O3/c1-2-26-20-10-6-4-8-18(20)23(22(26)29)24-19-9-5-3-7-17(19)21(28)27(23)12-11-25-13-15-30-16-14-25/h3-10,24H,2,11-16H2,1H3. The van der Waals surface area contributed by atoms with Crippen LogP contribution in [0.5, 0.6) is 0 Å². The molecule has 1 spiro atoms. The zero-order chi connectivity index (χ0) is 20.7. The lowest BCUT2D eigenvalue weighted by Gasteiger charge is -2.45. The van der Waals surface area contributed by atoms with E-state index < -0.39 is 5.66 Å². The van der Waals surface area contributed by atoms with Gasteiger partial charge < -0.3 is 19.9 Å². The molecular weight excluding hydrogens is 380 g/mol. The highest BCUT2D eigenvalue weighted by Gasteiger charge is 2.58. The molecule has 2 aromatic carbocycles. The van der Waals surface area contributed by atoms with Crippen molar-refractivity contribution in [2.24, 2.45) is 0 Å². The fraction of sp³-hybridized carbons (Fsp3) is 0.391. The molecule has 1 N–H and O–H groups in total. The van der Waals surface area contributed by atoms with Gasteiger partial charge in [-0.2, -0.15) is 0 Å². The van der Waals surface area contributed by atoms with Crippen molar-refractivity contribution in [3.63, 3.8) is 0 Å². The molecule has 0 aromatic heterocycles. The Hall–Kier alpha value is -2.90. The number of benzene rings is 2. The van der Waals surface area contributed by atoms with Gasteiger partial charge in [0, 0.05) is 44.0 Å². The van der Waals surface area contributed by atoms with Gasteiger partial charge in [-0.1, -0.05) is 30.3 Å². The molecule has 5 rings (SSSR count). The Bertz CT molecular complexity index is 988. The SMILES string of the molecule is CCN1C(=O)C2(Nc3ccccc3C(=O)N2CCN2CCOCC2)c2ccccc21. The van der Waals surface area contributed by atoms with E-state index in [0.717, 1.165) is 24.3 Å². The average Bonchev–Trinajstić information content (AvgIpc) is 3.02. The predicted octanol–water partition coefficient (Wildman–Crippen LogP) is 2.11. The maximum absolute atomic E-state index is 13.8. The summed E-state index contributed by atoms with van der Waals surface area (Å²) in [5.41, 5.74) is 1.78. The smallest absolute Gasteiger partial charge is 0.278 e. The molecule has 0 radical (unpaired) electrons. The van der Waals surface area contributed by atoms with E-state index in [1.165, 1.54) is 0 Å². The third-order valence-electron chi connectivity index (χ3n) is 6.32. The van der Waals surface area contributed by atoms with E-state index in [-0.39, 0.29) is 11.8 Å². The van der Waals surface area contributed by atoms with Crippen LogP contribution < -0.4 is 10.2 Å². The van der Waals surface area contributed by atoms with Crippen molar-refractivity contribution in [1.82, 2.24) is 9.80 Å². The number of amides is 2. The van der Waals surface area contributed by atoms with E-state index in [4.69, 9.17) is 4.74 Å². The Morgan fingerprint density at radius 1 is 1.00 bits per heavy atom. The summed E-state index contributed by atoms with van der Waals surface area (Å²) in [4.78, 5) is 33.3. The van der Waals surface area contributed by atoms with Gasteiger partial charge in [-0.15, -0.1) is 0 Å². The summed E-state index contributed by atoms with van der Waals surface area (Å²) in [6.45, 7) is 6.74. The van der Waals surface area contributed by atoms with Crippen LogP contribution in [0.1, 0.15) is 22.8 Å². The van der Waals surface area contributed by atoms with Crippen molar-refractivity contribution in [2.75, 3.05) is 56.2 Å². The number of likely N-dealkylation sites (N-methyl/N-ethyl adjacent to an activating group) is 1. The highest BCUT2D eigenvalue weighted by molar-refractivity contribution is 6.15. The summed E-state index contributed by atoms with van der Waals surface area (Å²) in [6, 6.07) is 15.2. The Morgan fingerprint density at radius 3 is 2.53 bits per heavy atom. The van der Waals surface area contributed by atoms with Crippen LogP contribution in [0.2, 0.25) is 0 Å². The molecule has 156 valence electrons. The molecule has 1 fully saturated rings. The number of anilines is 2. The molecule has 1 unspecified atom stereocenters. The van der Waals surface area contributed by atoms with E-state index in [1.54, 1.807) is 9.80 Å². The predicted molar refractivity (Wildman–Crippen MR) is 115 cm³/mol. The Labute approximate surface area is 176 Å². The first kappa shape index (κ1) is 19.1. The summed E-state index contributed by atoms with van der Waals surface area (Å²) in [5.74, 6) is -0.213. The maximum Gasteiger partial charge on any atom is 0.278 e. The highest BCUT2D eigenvalue weighted by atomic mass is 16.5. The van der Waals surface area contributed by atoms with Gasteiger partial charge in [0.1, 0.15) is 0 Å². The van der Waals surface area contributed by atoms with Crippen LogP contribution in [0.3, 0.4) is 0 Å². The normalized spacial score (nSPS) is 23.5. The Balaban J connectivity index is 1.60. The number of hydrogen-bond acceptors (Lipinski definition) is 5. The Morgan fingerprint density at radius 2 is 1.73 bits per heavy atom. The van der Waals surface area contributed by atoms with Crippen LogP contribution in [0.4, 0.5) is 11.4 Å². The van der Waals surface area contributed by atoms with Crippen molar-refractivity contribution < 1.29 is 14.3 Å². The van der Waals surface area contributed by atoms with Gasteiger partial charge in [0.25, 0.3) is 11.8 Å². The first-order chi connectivity index (χ1) is 14.7. The monoisotopic (exact) mass is 406 g/mol. The number of carbonyl (C=O) groups is 2. The van der Waals surface area contributed by atoms with Crippen LogP contribution in [0, 0.1) is 0 Å². The first-order valence-corrected chi connectivity index (χ1v) is 10.6. The van der Waals surface area contributed by atoms with E-state index >= 15 is 0 Å². The molecule has 7 heteroatoms. The van der Waals surface area contributed by atoms with Crippen LogP contribution in [-0.4, -0.2) is 67.6 Å². The minimum atomic E-state index is -1.22. The van der Waals surface area contributed by atoms with Gasteiger partial charge >= 0.3 is 0 Å². The molecule has 3 aliphatic rings. The van der Waals surface area contributed by atoms with Crippen LogP contribution in [-0.2, 0) is 15.2 Å². The lowest BCUT2D eigenvalue weighted by Crippen LogP contribution is -2.63. The number of hydrogen-bond donors (Lipinski definition) is 1. The number of carbonyl (C=O) groups excluding carboxylic acids is 2. The third kappa shape index (κ3) is 2.73. The number of fused-ring (bicyclic) bond motifs is 3. The molecular formula is C23H26N4O3. The van der Waals surface area contributed by atoms with Gasteiger partial charge in [0.15, 0.2) is 0 Å². The molecule has 2 amide bonds. The van der Waals surface area contributed by atoms with Gasteiger partial charge in [-0.3, -0.25) is 14.5 Å². The average molecular weight is 406 g/mol. The fourth-order valence-corrected chi connectivity index (χ4v) is 4.80. The molecule has 1 saturated heterocycles. The van der Waals surface area contributed by atoms with E-state index in [0.29, 0.717) is 44.1 Å². The number of nitrogens with zero attached hydrogens (tertiary/aromatic N) is 3. The van der Waals surface area contributed by atoms with Crippen molar-refractivity contribution in [3.05, 3.63) is 59.7 Å². The summed E-state index contributed by atoms with van der Waals surface area (Å²) < 4.78 is 5.45.